The SMILES string of the molecule is COc1ccc(C(N)C2C3CCc4ccccc4C32)cc1. The number of hydrogen-bond donors (Lipinski definition) is 1. The van der Waals surface area contributed by atoms with Crippen molar-refractivity contribution in [3.05, 3.63) is 65.2 Å². The van der Waals surface area contributed by atoms with E-state index < -0.39 is 0 Å². The third kappa shape index (κ3) is 2.06. The first-order valence-corrected chi connectivity index (χ1v) is 7.77. The van der Waals surface area contributed by atoms with Crippen LogP contribution in [0.2, 0.25) is 0 Å². The molecule has 2 aliphatic rings. The fourth-order valence-electron chi connectivity index (χ4n) is 4.16. The van der Waals surface area contributed by atoms with Gasteiger partial charge in [0.25, 0.3) is 0 Å². The summed E-state index contributed by atoms with van der Waals surface area (Å²) >= 11 is 0. The highest BCUT2D eigenvalue weighted by Crippen LogP contribution is 2.63. The fraction of sp³-hybridized carbons (Fsp3) is 0.368. The van der Waals surface area contributed by atoms with Crippen LogP contribution in [0.1, 0.15) is 35.1 Å². The number of methoxy groups -OCH3 is 1. The van der Waals surface area contributed by atoms with E-state index in [1.54, 1.807) is 12.7 Å². The van der Waals surface area contributed by atoms with E-state index in [4.69, 9.17) is 10.5 Å². The van der Waals surface area contributed by atoms with Crippen molar-refractivity contribution in [3.8, 4) is 5.75 Å². The second-order valence-electron chi connectivity index (χ2n) is 6.30. The van der Waals surface area contributed by atoms with Gasteiger partial charge in [0, 0.05) is 6.04 Å². The Morgan fingerprint density at radius 1 is 1.10 bits per heavy atom. The Bertz CT molecular complexity index is 649. The number of fused-ring (bicyclic) bond motifs is 3. The van der Waals surface area contributed by atoms with Crippen molar-refractivity contribution >= 4 is 0 Å². The van der Waals surface area contributed by atoms with E-state index in [0.717, 1.165) is 11.7 Å². The third-order valence-electron chi connectivity index (χ3n) is 5.31. The topological polar surface area (TPSA) is 35.2 Å². The van der Waals surface area contributed by atoms with Gasteiger partial charge in [-0.15, -0.1) is 0 Å². The molecule has 2 heteroatoms. The highest BCUT2D eigenvalue weighted by atomic mass is 16.5. The van der Waals surface area contributed by atoms with E-state index in [1.807, 2.05) is 12.1 Å². The van der Waals surface area contributed by atoms with E-state index in [9.17, 15) is 0 Å². The molecule has 4 rings (SSSR count). The Morgan fingerprint density at radius 2 is 1.86 bits per heavy atom. The number of rotatable bonds is 3. The molecule has 0 radical (unpaired) electrons. The van der Waals surface area contributed by atoms with Crippen LogP contribution < -0.4 is 10.5 Å². The summed E-state index contributed by atoms with van der Waals surface area (Å²) in [6.45, 7) is 0. The normalized spacial score (nSPS) is 27.4. The predicted molar refractivity (Wildman–Crippen MR) is 84.4 cm³/mol. The molecule has 1 fully saturated rings. The standard InChI is InChI=1S/C19H21NO/c1-21-14-9-6-13(7-10-14)19(20)18-16-11-8-12-4-2-3-5-15(12)17(16)18/h2-7,9-10,16-19H,8,11,20H2,1H3. The molecule has 2 nitrogen and oxygen atoms in total. The van der Waals surface area contributed by atoms with Gasteiger partial charge in [-0.05, 0) is 59.4 Å². The minimum atomic E-state index is 0.136. The summed E-state index contributed by atoms with van der Waals surface area (Å²) in [5.41, 5.74) is 10.9. The molecule has 108 valence electrons. The molecule has 0 bridgehead atoms. The van der Waals surface area contributed by atoms with Gasteiger partial charge in [0.15, 0.2) is 0 Å². The maximum atomic E-state index is 6.57. The van der Waals surface area contributed by atoms with E-state index in [-0.39, 0.29) is 6.04 Å². The molecule has 0 spiro atoms. The van der Waals surface area contributed by atoms with E-state index in [0.29, 0.717) is 11.8 Å². The monoisotopic (exact) mass is 279 g/mol. The smallest absolute Gasteiger partial charge is 0.118 e. The van der Waals surface area contributed by atoms with Crippen LogP contribution in [-0.2, 0) is 6.42 Å². The van der Waals surface area contributed by atoms with E-state index in [2.05, 4.69) is 36.4 Å². The maximum absolute atomic E-state index is 6.57. The molecule has 0 aliphatic heterocycles. The largest absolute Gasteiger partial charge is 0.497 e. The van der Waals surface area contributed by atoms with Crippen molar-refractivity contribution in [3.63, 3.8) is 0 Å². The summed E-state index contributed by atoms with van der Waals surface area (Å²) in [6, 6.07) is 17.3. The predicted octanol–water partition coefficient (Wildman–Crippen LogP) is 3.67. The summed E-state index contributed by atoms with van der Waals surface area (Å²) in [4.78, 5) is 0. The molecule has 0 saturated heterocycles. The molecule has 21 heavy (non-hydrogen) atoms. The van der Waals surface area contributed by atoms with Gasteiger partial charge >= 0.3 is 0 Å². The highest BCUT2D eigenvalue weighted by Gasteiger charge is 2.55. The number of hydrogen-bond acceptors (Lipinski definition) is 2. The molecule has 1 saturated carbocycles. The lowest BCUT2D eigenvalue weighted by Gasteiger charge is -2.14. The second-order valence-corrected chi connectivity index (χ2v) is 6.30. The summed E-state index contributed by atoms with van der Waals surface area (Å²) in [7, 11) is 1.70. The third-order valence-corrected chi connectivity index (χ3v) is 5.31. The zero-order valence-corrected chi connectivity index (χ0v) is 12.3. The quantitative estimate of drug-likeness (QED) is 0.930. The van der Waals surface area contributed by atoms with Gasteiger partial charge < -0.3 is 10.5 Å². The lowest BCUT2D eigenvalue weighted by atomic mass is 9.92. The van der Waals surface area contributed by atoms with E-state index in [1.165, 1.54) is 24.0 Å². The van der Waals surface area contributed by atoms with Crippen LogP contribution in [0.15, 0.2) is 48.5 Å². The van der Waals surface area contributed by atoms with Crippen LogP contribution in [-0.4, -0.2) is 7.11 Å². The minimum Gasteiger partial charge on any atom is -0.497 e. The molecule has 0 aromatic heterocycles. The zero-order valence-electron chi connectivity index (χ0n) is 12.3. The van der Waals surface area contributed by atoms with Crippen LogP contribution in [0.25, 0.3) is 0 Å². The minimum absolute atomic E-state index is 0.136. The van der Waals surface area contributed by atoms with Crippen LogP contribution in [0, 0.1) is 11.8 Å². The Kier molecular flexibility index (Phi) is 3.00. The van der Waals surface area contributed by atoms with Crippen molar-refractivity contribution in [2.75, 3.05) is 7.11 Å². The van der Waals surface area contributed by atoms with Crippen LogP contribution in [0.4, 0.5) is 0 Å². The van der Waals surface area contributed by atoms with Crippen molar-refractivity contribution in [2.24, 2.45) is 17.6 Å². The Labute approximate surface area is 125 Å². The molecule has 2 aromatic rings. The van der Waals surface area contributed by atoms with Gasteiger partial charge in [0.2, 0.25) is 0 Å². The number of benzene rings is 2. The molecule has 4 atom stereocenters. The van der Waals surface area contributed by atoms with Crippen LogP contribution in [0.5, 0.6) is 5.75 Å². The van der Waals surface area contributed by atoms with Gasteiger partial charge in [-0.2, -0.15) is 0 Å². The molecule has 4 unspecified atom stereocenters. The zero-order chi connectivity index (χ0) is 14.4. The second kappa shape index (κ2) is 4.88. The van der Waals surface area contributed by atoms with Gasteiger partial charge in [-0.1, -0.05) is 36.4 Å². The molecule has 2 N–H and O–H groups in total. The van der Waals surface area contributed by atoms with E-state index >= 15 is 0 Å². The van der Waals surface area contributed by atoms with Crippen LogP contribution >= 0.6 is 0 Å². The number of ether oxygens (including phenoxy) is 1. The maximum Gasteiger partial charge on any atom is 0.118 e. The lowest BCUT2D eigenvalue weighted by Crippen LogP contribution is -2.14. The molecule has 2 aliphatic carbocycles. The Hall–Kier alpha value is -1.80. The first-order valence-electron chi connectivity index (χ1n) is 7.77. The first kappa shape index (κ1) is 12.9. The fourth-order valence-corrected chi connectivity index (χ4v) is 4.16. The summed E-state index contributed by atoms with van der Waals surface area (Å²) in [6.07, 6.45) is 2.50. The van der Waals surface area contributed by atoms with Gasteiger partial charge in [-0.3, -0.25) is 0 Å². The van der Waals surface area contributed by atoms with Gasteiger partial charge in [-0.25, -0.2) is 0 Å². The molecular formula is C19H21NO. The Balaban J connectivity index is 1.58. The number of aryl methyl sites for hydroxylation is 1. The Morgan fingerprint density at radius 3 is 2.62 bits per heavy atom. The van der Waals surface area contributed by atoms with Crippen molar-refractivity contribution in [1.82, 2.24) is 0 Å². The van der Waals surface area contributed by atoms with Crippen molar-refractivity contribution in [1.29, 1.82) is 0 Å². The van der Waals surface area contributed by atoms with Gasteiger partial charge in [0.05, 0.1) is 7.11 Å². The summed E-state index contributed by atoms with van der Waals surface area (Å²) in [5, 5.41) is 0. The summed E-state index contributed by atoms with van der Waals surface area (Å²) < 4.78 is 5.23. The number of nitrogens with two attached hydrogens (primary N) is 1. The first-order chi connectivity index (χ1) is 10.3. The van der Waals surface area contributed by atoms with Crippen molar-refractivity contribution < 1.29 is 4.74 Å². The lowest BCUT2D eigenvalue weighted by molar-refractivity contribution is 0.414. The highest BCUT2D eigenvalue weighted by molar-refractivity contribution is 5.41. The summed E-state index contributed by atoms with van der Waals surface area (Å²) in [5.74, 6) is 2.94. The van der Waals surface area contributed by atoms with Crippen molar-refractivity contribution in [2.45, 2.75) is 24.8 Å². The molecular weight excluding hydrogens is 258 g/mol. The molecule has 0 heterocycles. The van der Waals surface area contributed by atoms with Crippen LogP contribution in [0.3, 0.4) is 0 Å². The average Bonchev–Trinajstić information content (AvgIpc) is 3.29. The molecule has 2 aromatic carbocycles. The average molecular weight is 279 g/mol. The van der Waals surface area contributed by atoms with Gasteiger partial charge in [0.1, 0.15) is 5.75 Å². The molecule has 0 amide bonds.